The molecule has 2 aromatic carbocycles. The van der Waals surface area contributed by atoms with Gasteiger partial charge in [-0.1, -0.05) is 42.7 Å². The van der Waals surface area contributed by atoms with E-state index in [-0.39, 0.29) is 24.1 Å². The van der Waals surface area contributed by atoms with Crippen molar-refractivity contribution >= 4 is 28.0 Å². The summed E-state index contributed by atoms with van der Waals surface area (Å²) in [6.07, 6.45) is 4.10. The van der Waals surface area contributed by atoms with Crippen molar-refractivity contribution in [3.63, 3.8) is 0 Å². The smallest absolute Gasteiger partial charge is 0.336 e. The van der Waals surface area contributed by atoms with Gasteiger partial charge in [-0.25, -0.2) is 9.36 Å². The van der Waals surface area contributed by atoms with Crippen molar-refractivity contribution < 1.29 is 9.21 Å². The molecule has 7 heteroatoms. The summed E-state index contributed by atoms with van der Waals surface area (Å²) in [7, 11) is 0. The molecule has 1 saturated carbocycles. The zero-order chi connectivity index (χ0) is 21.5. The number of carbonyl (C=O) groups is 1. The molecule has 1 fully saturated rings. The Hall–Kier alpha value is -3.61. The van der Waals surface area contributed by atoms with E-state index >= 15 is 0 Å². The Morgan fingerprint density at radius 1 is 1.06 bits per heavy atom. The standard InChI is InChI=1S/C24H23N3O4/c1-15-10-12-17(13-11-15)27-23(29)22-21(18-8-4-5-9-19(18)31-22)26(24(27)30)14-20(28)25-16-6-2-3-7-16/h4-5,8-13,16H,2-3,6-7,14H2,1H3,(H,25,28). The highest BCUT2D eigenvalue weighted by molar-refractivity contribution is 6.02. The molecule has 7 nitrogen and oxygen atoms in total. The van der Waals surface area contributed by atoms with Gasteiger partial charge in [0.25, 0.3) is 0 Å². The lowest BCUT2D eigenvalue weighted by Gasteiger charge is -2.15. The summed E-state index contributed by atoms with van der Waals surface area (Å²) < 4.78 is 8.29. The second-order valence-electron chi connectivity index (χ2n) is 8.17. The Morgan fingerprint density at radius 3 is 2.52 bits per heavy atom. The van der Waals surface area contributed by atoms with Gasteiger partial charge in [-0.05, 0) is 44.0 Å². The van der Waals surface area contributed by atoms with Crippen LogP contribution in [0, 0.1) is 6.92 Å². The van der Waals surface area contributed by atoms with Crippen molar-refractivity contribution in [2.75, 3.05) is 0 Å². The lowest BCUT2D eigenvalue weighted by Crippen LogP contribution is -2.43. The average molecular weight is 417 g/mol. The van der Waals surface area contributed by atoms with Crippen LogP contribution in [0.3, 0.4) is 0 Å². The maximum absolute atomic E-state index is 13.5. The lowest BCUT2D eigenvalue weighted by molar-refractivity contribution is -0.122. The van der Waals surface area contributed by atoms with Gasteiger partial charge in [0.15, 0.2) is 0 Å². The van der Waals surface area contributed by atoms with Crippen LogP contribution in [0.4, 0.5) is 0 Å². The van der Waals surface area contributed by atoms with Crippen LogP contribution in [-0.2, 0) is 11.3 Å². The van der Waals surface area contributed by atoms with E-state index < -0.39 is 11.2 Å². The van der Waals surface area contributed by atoms with E-state index in [0.717, 1.165) is 35.8 Å². The van der Waals surface area contributed by atoms with Crippen LogP contribution in [0.25, 0.3) is 27.8 Å². The molecule has 1 amide bonds. The van der Waals surface area contributed by atoms with E-state index in [1.54, 1.807) is 30.3 Å². The number of benzene rings is 2. The number of nitrogens with one attached hydrogen (secondary N) is 1. The van der Waals surface area contributed by atoms with E-state index in [1.807, 2.05) is 25.1 Å². The molecule has 5 rings (SSSR count). The summed E-state index contributed by atoms with van der Waals surface area (Å²) in [6.45, 7) is 1.75. The second kappa shape index (κ2) is 7.58. The topological polar surface area (TPSA) is 86.2 Å². The minimum absolute atomic E-state index is 0.0649. The van der Waals surface area contributed by atoms with Gasteiger partial charge in [0.05, 0.1) is 5.69 Å². The number of furan rings is 1. The maximum atomic E-state index is 13.5. The summed E-state index contributed by atoms with van der Waals surface area (Å²) in [5.74, 6) is -0.241. The highest BCUT2D eigenvalue weighted by Crippen LogP contribution is 2.26. The van der Waals surface area contributed by atoms with E-state index in [9.17, 15) is 14.4 Å². The number of nitrogens with zero attached hydrogens (tertiary/aromatic N) is 2. The Labute approximate surface area is 177 Å². The lowest BCUT2D eigenvalue weighted by atomic mass is 10.2. The van der Waals surface area contributed by atoms with Gasteiger partial charge in [0.2, 0.25) is 11.5 Å². The van der Waals surface area contributed by atoms with Gasteiger partial charge < -0.3 is 9.73 Å². The Balaban J connectivity index is 1.73. The number of fused-ring (bicyclic) bond motifs is 3. The molecule has 31 heavy (non-hydrogen) atoms. The zero-order valence-corrected chi connectivity index (χ0v) is 17.3. The number of carbonyl (C=O) groups excluding carboxylic acids is 1. The number of para-hydroxylation sites is 1. The molecule has 1 aliphatic rings. The van der Waals surface area contributed by atoms with E-state index in [1.165, 1.54) is 4.57 Å². The van der Waals surface area contributed by atoms with Gasteiger partial charge in [-0.3, -0.25) is 14.2 Å². The number of hydrogen-bond donors (Lipinski definition) is 1. The highest BCUT2D eigenvalue weighted by Gasteiger charge is 2.23. The quantitative estimate of drug-likeness (QED) is 0.552. The first-order valence-corrected chi connectivity index (χ1v) is 10.6. The third-order valence-electron chi connectivity index (χ3n) is 5.97. The molecular weight excluding hydrogens is 394 g/mol. The minimum Gasteiger partial charge on any atom is -0.449 e. The molecule has 0 bridgehead atoms. The first-order chi connectivity index (χ1) is 15.0. The monoisotopic (exact) mass is 417 g/mol. The number of aryl methyl sites for hydroxylation is 1. The molecule has 4 aromatic rings. The van der Waals surface area contributed by atoms with Crippen molar-refractivity contribution in [3.05, 3.63) is 74.9 Å². The molecule has 0 unspecified atom stereocenters. The molecule has 0 radical (unpaired) electrons. The van der Waals surface area contributed by atoms with Crippen LogP contribution in [0.15, 0.2) is 62.5 Å². The summed E-state index contributed by atoms with van der Waals surface area (Å²) in [4.78, 5) is 39.6. The number of hydrogen-bond acceptors (Lipinski definition) is 4. The van der Waals surface area contributed by atoms with Gasteiger partial charge in [0, 0.05) is 11.4 Å². The fraction of sp³-hybridized carbons (Fsp3) is 0.292. The summed E-state index contributed by atoms with van der Waals surface area (Å²) in [5, 5.41) is 3.66. The summed E-state index contributed by atoms with van der Waals surface area (Å²) in [5.41, 5.74) is 1.28. The van der Waals surface area contributed by atoms with Crippen LogP contribution in [0.5, 0.6) is 0 Å². The van der Waals surface area contributed by atoms with Gasteiger partial charge in [0.1, 0.15) is 17.6 Å². The maximum Gasteiger partial charge on any atom is 0.336 e. The molecule has 0 spiro atoms. The predicted octanol–water partition coefficient (Wildman–Crippen LogP) is 3.27. The minimum atomic E-state index is -0.561. The third kappa shape index (κ3) is 3.36. The first-order valence-electron chi connectivity index (χ1n) is 10.6. The molecule has 2 heterocycles. The molecule has 0 atom stereocenters. The summed E-state index contributed by atoms with van der Waals surface area (Å²) >= 11 is 0. The fourth-order valence-corrected chi connectivity index (χ4v) is 4.40. The predicted molar refractivity (Wildman–Crippen MR) is 119 cm³/mol. The molecule has 0 saturated heterocycles. The van der Waals surface area contributed by atoms with Crippen LogP contribution in [0.1, 0.15) is 31.2 Å². The molecule has 1 aliphatic carbocycles. The van der Waals surface area contributed by atoms with Gasteiger partial charge in [-0.2, -0.15) is 0 Å². The van der Waals surface area contributed by atoms with Crippen molar-refractivity contribution in [3.8, 4) is 5.69 Å². The third-order valence-corrected chi connectivity index (χ3v) is 5.97. The Bertz CT molecular complexity index is 1400. The van der Waals surface area contributed by atoms with E-state index in [2.05, 4.69) is 5.32 Å². The van der Waals surface area contributed by atoms with Crippen molar-refractivity contribution in [2.24, 2.45) is 0 Å². The van der Waals surface area contributed by atoms with Crippen LogP contribution < -0.4 is 16.6 Å². The van der Waals surface area contributed by atoms with Crippen LogP contribution in [0.2, 0.25) is 0 Å². The molecule has 0 aliphatic heterocycles. The average Bonchev–Trinajstić information content (AvgIpc) is 3.40. The fourth-order valence-electron chi connectivity index (χ4n) is 4.40. The highest BCUT2D eigenvalue weighted by atomic mass is 16.3. The normalized spacial score (nSPS) is 14.5. The molecule has 2 aromatic heterocycles. The Morgan fingerprint density at radius 2 is 1.77 bits per heavy atom. The second-order valence-corrected chi connectivity index (χ2v) is 8.17. The number of aromatic nitrogens is 2. The van der Waals surface area contributed by atoms with Crippen molar-refractivity contribution in [2.45, 2.75) is 45.2 Å². The van der Waals surface area contributed by atoms with Gasteiger partial charge >= 0.3 is 11.2 Å². The van der Waals surface area contributed by atoms with Crippen LogP contribution >= 0.6 is 0 Å². The van der Waals surface area contributed by atoms with E-state index in [4.69, 9.17) is 4.42 Å². The van der Waals surface area contributed by atoms with Crippen molar-refractivity contribution in [1.82, 2.24) is 14.5 Å². The molecule has 158 valence electrons. The SMILES string of the molecule is Cc1ccc(-n2c(=O)c3oc4ccccc4c3n(CC(=O)NC3CCCC3)c2=O)cc1. The zero-order valence-electron chi connectivity index (χ0n) is 17.3. The van der Waals surface area contributed by atoms with Crippen LogP contribution in [-0.4, -0.2) is 21.1 Å². The number of rotatable bonds is 4. The van der Waals surface area contributed by atoms with E-state index in [0.29, 0.717) is 22.2 Å². The summed E-state index contributed by atoms with van der Waals surface area (Å²) in [6, 6.07) is 14.4. The molecular formula is C24H23N3O4. The van der Waals surface area contributed by atoms with Crippen molar-refractivity contribution in [1.29, 1.82) is 0 Å². The first kappa shape index (κ1) is 19.4. The van der Waals surface area contributed by atoms with Gasteiger partial charge in [-0.15, -0.1) is 0 Å². The number of amides is 1. The molecule has 1 N–H and O–H groups in total. The largest absolute Gasteiger partial charge is 0.449 e. The Kier molecular flexibility index (Phi) is 4.73.